The molecule has 1 heterocycles. The molecule has 4 nitrogen and oxygen atoms in total. The zero-order valence-electron chi connectivity index (χ0n) is 15.2. The minimum absolute atomic E-state index is 0.0184. The van der Waals surface area contributed by atoms with Gasteiger partial charge in [-0.2, -0.15) is 0 Å². The summed E-state index contributed by atoms with van der Waals surface area (Å²) in [6.07, 6.45) is 1.54. The first-order valence-electron chi connectivity index (χ1n) is 8.97. The Kier molecular flexibility index (Phi) is 5.99. The SMILES string of the molecule is CCC1Sc2ccccc2N(CC(=O)NCCc2ccc(C)cc2)C1=O. The molecule has 26 heavy (non-hydrogen) atoms. The molecule has 0 spiro atoms. The van der Waals surface area contributed by atoms with E-state index >= 15 is 0 Å². The molecule has 2 aromatic carbocycles. The lowest BCUT2D eigenvalue weighted by Crippen LogP contribution is -2.46. The Labute approximate surface area is 159 Å². The number of hydrogen-bond donors (Lipinski definition) is 1. The summed E-state index contributed by atoms with van der Waals surface area (Å²) in [6.45, 7) is 4.70. The number of hydrogen-bond acceptors (Lipinski definition) is 3. The third kappa shape index (κ3) is 4.28. The first kappa shape index (κ1) is 18.5. The van der Waals surface area contributed by atoms with Crippen molar-refractivity contribution >= 4 is 29.3 Å². The van der Waals surface area contributed by atoms with Gasteiger partial charge in [0.2, 0.25) is 11.8 Å². The number of carbonyl (C=O) groups is 2. The predicted molar refractivity (Wildman–Crippen MR) is 107 cm³/mol. The minimum atomic E-state index is -0.123. The van der Waals surface area contributed by atoms with E-state index in [0.29, 0.717) is 6.54 Å². The number of para-hydroxylation sites is 1. The van der Waals surface area contributed by atoms with E-state index in [0.717, 1.165) is 23.4 Å². The third-order valence-corrected chi connectivity index (χ3v) is 5.91. The summed E-state index contributed by atoms with van der Waals surface area (Å²) < 4.78 is 0. The maximum atomic E-state index is 12.7. The molecular weight excluding hydrogens is 344 g/mol. The Morgan fingerprint density at radius 3 is 2.62 bits per heavy atom. The van der Waals surface area contributed by atoms with Crippen LogP contribution in [0.25, 0.3) is 0 Å². The van der Waals surface area contributed by atoms with Crippen LogP contribution in [0.15, 0.2) is 53.4 Å². The van der Waals surface area contributed by atoms with Gasteiger partial charge in [-0.1, -0.05) is 48.9 Å². The van der Waals surface area contributed by atoms with Crippen molar-refractivity contribution in [2.75, 3.05) is 18.0 Å². The van der Waals surface area contributed by atoms with Crippen molar-refractivity contribution < 1.29 is 9.59 Å². The van der Waals surface area contributed by atoms with Crippen LogP contribution in [0.5, 0.6) is 0 Å². The second-order valence-electron chi connectivity index (χ2n) is 6.49. The van der Waals surface area contributed by atoms with Crippen LogP contribution in [0, 0.1) is 6.92 Å². The number of carbonyl (C=O) groups excluding carboxylic acids is 2. The molecule has 2 amide bonds. The molecule has 0 bridgehead atoms. The van der Waals surface area contributed by atoms with Gasteiger partial charge in [-0.05, 0) is 37.5 Å². The van der Waals surface area contributed by atoms with Crippen LogP contribution >= 0.6 is 11.8 Å². The van der Waals surface area contributed by atoms with Gasteiger partial charge in [-0.3, -0.25) is 9.59 Å². The number of rotatable bonds is 6. The largest absolute Gasteiger partial charge is 0.354 e. The molecule has 5 heteroatoms. The van der Waals surface area contributed by atoms with Gasteiger partial charge in [0.05, 0.1) is 10.9 Å². The Morgan fingerprint density at radius 2 is 1.88 bits per heavy atom. The predicted octanol–water partition coefficient (Wildman–Crippen LogP) is 3.57. The van der Waals surface area contributed by atoms with Crippen molar-refractivity contribution in [3.05, 3.63) is 59.7 Å². The van der Waals surface area contributed by atoms with Crippen molar-refractivity contribution in [3.8, 4) is 0 Å². The fraction of sp³-hybridized carbons (Fsp3) is 0.333. The van der Waals surface area contributed by atoms with E-state index in [1.54, 1.807) is 16.7 Å². The van der Waals surface area contributed by atoms with Gasteiger partial charge in [0.15, 0.2) is 0 Å². The summed E-state index contributed by atoms with van der Waals surface area (Å²) in [4.78, 5) is 27.8. The van der Waals surface area contributed by atoms with Crippen molar-refractivity contribution in [3.63, 3.8) is 0 Å². The van der Waals surface area contributed by atoms with E-state index in [2.05, 4.69) is 36.5 Å². The smallest absolute Gasteiger partial charge is 0.240 e. The van der Waals surface area contributed by atoms with Gasteiger partial charge in [0, 0.05) is 11.4 Å². The monoisotopic (exact) mass is 368 g/mol. The van der Waals surface area contributed by atoms with E-state index in [1.807, 2.05) is 31.2 Å². The molecule has 1 atom stereocenters. The summed E-state index contributed by atoms with van der Waals surface area (Å²) in [6, 6.07) is 16.1. The first-order valence-corrected chi connectivity index (χ1v) is 9.85. The molecule has 0 aliphatic carbocycles. The van der Waals surface area contributed by atoms with Crippen molar-refractivity contribution in [2.24, 2.45) is 0 Å². The molecule has 1 N–H and O–H groups in total. The third-order valence-electron chi connectivity index (χ3n) is 4.50. The van der Waals surface area contributed by atoms with Crippen LogP contribution in [0.4, 0.5) is 5.69 Å². The second kappa shape index (κ2) is 8.41. The van der Waals surface area contributed by atoms with E-state index in [-0.39, 0.29) is 23.6 Å². The van der Waals surface area contributed by atoms with Gasteiger partial charge in [-0.15, -0.1) is 11.8 Å². The average Bonchev–Trinajstić information content (AvgIpc) is 2.65. The quantitative estimate of drug-likeness (QED) is 0.848. The lowest BCUT2D eigenvalue weighted by molar-refractivity contribution is -0.123. The number of thioether (sulfide) groups is 1. The zero-order valence-corrected chi connectivity index (χ0v) is 16.0. The number of nitrogens with zero attached hydrogens (tertiary/aromatic N) is 1. The zero-order chi connectivity index (χ0) is 18.5. The van der Waals surface area contributed by atoms with Gasteiger partial charge in [-0.25, -0.2) is 0 Å². The van der Waals surface area contributed by atoms with E-state index in [1.165, 1.54) is 11.1 Å². The Hall–Kier alpha value is -2.27. The van der Waals surface area contributed by atoms with Gasteiger partial charge in [0.25, 0.3) is 0 Å². The highest BCUT2D eigenvalue weighted by Gasteiger charge is 2.33. The number of anilines is 1. The minimum Gasteiger partial charge on any atom is -0.354 e. The molecule has 0 radical (unpaired) electrons. The standard InChI is InChI=1S/C21H24N2O2S/c1-3-18-21(25)23(17-6-4-5-7-19(17)26-18)14-20(24)22-13-12-16-10-8-15(2)9-11-16/h4-11,18H,3,12-14H2,1-2H3,(H,22,24). The highest BCUT2D eigenvalue weighted by molar-refractivity contribution is 8.01. The number of amides is 2. The van der Waals surface area contributed by atoms with E-state index < -0.39 is 0 Å². The fourth-order valence-corrected chi connectivity index (χ4v) is 4.15. The van der Waals surface area contributed by atoms with Crippen molar-refractivity contribution in [1.29, 1.82) is 0 Å². The number of nitrogens with one attached hydrogen (secondary N) is 1. The van der Waals surface area contributed by atoms with Crippen molar-refractivity contribution in [1.82, 2.24) is 5.32 Å². The van der Waals surface area contributed by atoms with Crippen LogP contribution in [-0.4, -0.2) is 30.2 Å². The van der Waals surface area contributed by atoms with Crippen LogP contribution in [0.2, 0.25) is 0 Å². The maximum Gasteiger partial charge on any atom is 0.240 e. The highest BCUT2D eigenvalue weighted by Crippen LogP contribution is 2.39. The van der Waals surface area contributed by atoms with Crippen LogP contribution in [0.1, 0.15) is 24.5 Å². The number of fused-ring (bicyclic) bond motifs is 1. The lowest BCUT2D eigenvalue weighted by Gasteiger charge is -2.32. The molecule has 1 aliphatic rings. The Bertz CT molecular complexity index is 789. The summed E-state index contributed by atoms with van der Waals surface area (Å²) >= 11 is 1.59. The summed E-state index contributed by atoms with van der Waals surface area (Å²) in [5.41, 5.74) is 3.25. The summed E-state index contributed by atoms with van der Waals surface area (Å²) in [5.74, 6) is -0.105. The maximum absolute atomic E-state index is 12.7. The Morgan fingerprint density at radius 1 is 1.15 bits per heavy atom. The van der Waals surface area contributed by atoms with Crippen molar-refractivity contribution in [2.45, 2.75) is 36.8 Å². The number of aryl methyl sites for hydroxylation is 1. The fourth-order valence-electron chi connectivity index (χ4n) is 3.00. The van der Waals surface area contributed by atoms with E-state index in [9.17, 15) is 9.59 Å². The number of benzene rings is 2. The highest BCUT2D eigenvalue weighted by atomic mass is 32.2. The normalized spacial score (nSPS) is 16.3. The molecule has 1 unspecified atom stereocenters. The van der Waals surface area contributed by atoms with Gasteiger partial charge in [0.1, 0.15) is 6.54 Å². The topological polar surface area (TPSA) is 49.4 Å². The van der Waals surface area contributed by atoms with Crippen LogP contribution in [-0.2, 0) is 16.0 Å². The second-order valence-corrected chi connectivity index (χ2v) is 7.74. The molecule has 2 aromatic rings. The van der Waals surface area contributed by atoms with Crippen LogP contribution < -0.4 is 10.2 Å². The van der Waals surface area contributed by atoms with Gasteiger partial charge >= 0.3 is 0 Å². The summed E-state index contributed by atoms with van der Waals surface area (Å²) in [5, 5.41) is 2.82. The Balaban J connectivity index is 1.60. The average molecular weight is 369 g/mol. The lowest BCUT2D eigenvalue weighted by atomic mass is 10.1. The molecule has 0 aromatic heterocycles. The first-order chi connectivity index (χ1) is 12.6. The molecule has 3 rings (SSSR count). The van der Waals surface area contributed by atoms with Crippen LogP contribution in [0.3, 0.4) is 0 Å². The summed E-state index contributed by atoms with van der Waals surface area (Å²) in [7, 11) is 0. The molecule has 0 fully saturated rings. The molecule has 0 saturated heterocycles. The van der Waals surface area contributed by atoms with Gasteiger partial charge < -0.3 is 10.2 Å². The molecule has 136 valence electrons. The van der Waals surface area contributed by atoms with E-state index in [4.69, 9.17) is 0 Å². The molecule has 0 saturated carbocycles. The molecule has 1 aliphatic heterocycles. The molecular formula is C21H24N2O2S.